The number of nitrogens with one attached hydrogen (secondary N) is 1. The number of pyridine rings is 1. The third-order valence-electron chi connectivity index (χ3n) is 5.42. The second-order valence-electron chi connectivity index (χ2n) is 7.78. The van der Waals surface area contributed by atoms with Gasteiger partial charge in [-0.05, 0) is 36.6 Å². The Balaban J connectivity index is 1.62. The standard InChI is InChI=1S/C27H31N3O4/c1-4-34-24(26(31)33-3)19-21-13-15-22(16-14-21)23-11-8-12-25(29-23)30(2)27(32)28-18-17-20-9-6-5-7-10-20/h5-16,24H,4,17-19H2,1-3H3,(H,28,32)/t24-/m0/s1. The molecule has 0 saturated heterocycles. The van der Waals surface area contributed by atoms with Crippen LogP contribution in [0.25, 0.3) is 11.3 Å². The number of methoxy groups -OCH3 is 1. The maximum Gasteiger partial charge on any atom is 0.335 e. The number of carbonyl (C=O) groups is 2. The van der Waals surface area contributed by atoms with E-state index in [9.17, 15) is 9.59 Å². The van der Waals surface area contributed by atoms with Gasteiger partial charge in [0.25, 0.3) is 0 Å². The molecule has 1 atom stereocenters. The molecule has 1 heterocycles. The Morgan fingerprint density at radius 1 is 0.971 bits per heavy atom. The molecule has 34 heavy (non-hydrogen) atoms. The summed E-state index contributed by atoms with van der Waals surface area (Å²) in [5, 5.41) is 2.94. The van der Waals surface area contributed by atoms with Crippen LogP contribution in [-0.4, -0.2) is 50.4 Å². The number of urea groups is 1. The van der Waals surface area contributed by atoms with Crippen LogP contribution in [0.15, 0.2) is 72.8 Å². The Morgan fingerprint density at radius 2 is 1.71 bits per heavy atom. The number of rotatable bonds is 10. The van der Waals surface area contributed by atoms with Gasteiger partial charge in [-0.15, -0.1) is 0 Å². The lowest BCUT2D eigenvalue weighted by Crippen LogP contribution is -2.38. The molecule has 0 unspecified atom stereocenters. The van der Waals surface area contributed by atoms with Crippen LogP contribution in [0, 0.1) is 0 Å². The first kappa shape index (κ1) is 24.9. The summed E-state index contributed by atoms with van der Waals surface area (Å²) in [6.45, 7) is 2.82. The number of nitrogens with zero attached hydrogens (tertiary/aromatic N) is 2. The van der Waals surface area contributed by atoms with E-state index in [1.807, 2.05) is 73.7 Å². The summed E-state index contributed by atoms with van der Waals surface area (Å²) in [5.41, 5.74) is 3.80. The summed E-state index contributed by atoms with van der Waals surface area (Å²) >= 11 is 0. The number of hydrogen-bond donors (Lipinski definition) is 1. The Bertz CT molecular complexity index is 1070. The highest BCUT2D eigenvalue weighted by atomic mass is 16.6. The van der Waals surface area contributed by atoms with Gasteiger partial charge in [-0.1, -0.05) is 60.7 Å². The van der Waals surface area contributed by atoms with Crippen molar-refractivity contribution in [1.82, 2.24) is 10.3 Å². The predicted molar refractivity (Wildman–Crippen MR) is 133 cm³/mol. The molecule has 7 nitrogen and oxygen atoms in total. The van der Waals surface area contributed by atoms with E-state index in [1.54, 1.807) is 13.1 Å². The van der Waals surface area contributed by atoms with E-state index in [-0.39, 0.29) is 12.0 Å². The third kappa shape index (κ3) is 6.89. The smallest absolute Gasteiger partial charge is 0.335 e. The van der Waals surface area contributed by atoms with Gasteiger partial charge in [0.1, 0.15) is 5.82 Å². The highest BCUT2D eigenvalue weighted by molar-refractivity contribution is 5.90. The van der Waals surface area contributed by atoms with E-state index in [2.05, 4.69) is 10.3 Å². The van der Waals surface area contributed by atoms with Crippen LogP contribution in [0.5, 0.6) is 0 Å². The summed E-state index contributed by atoms with van der Waals surface area (Å²) in [6, 6.07) is 23.2. The topological polar surface area (TPSA) is 80.8 Å². The summed E-state index contributed by atoms with van der Waals surface area (Å²) in [7, 11) is 3.06. The monoisotopic (exact) mass is 461 g/mol. The van der Waals surface area contributed by atoms with Crippen molar-refractivity contribution in [2.45, 2.75) is 25.9 Å². The normalized spacial score (nSPS) is 11.5. The van der Waals surface area contributed by atoms with E-state index in [0.29, 0.717) is 25.4 Å². The fraction of sp³-hybridized carbons (Fsp3) is 0.296. The zero-order chi connectivity index (χ0) is 24.3. The number of aromatic nitrogens is 1. The van der Waals surface area contributed by atoms with Gasteiger partial charge in [0.2, 0.25) is 0 Å². The molecule has 7 heteroatoms. The number of benzene rings is 2. The first-order valence-electron chi connectivity index (χ1n) is 11.3. The average molecular weight is 462 g/mol. The lowest BCUT2D eigenvalue weighted by Gasteiger charge is -2.18. The zero-order valence-electron chi connectivity index (χ0n) is 19.9. The number of anilines is 1. The van der Waals surface area contributed by atoms with Crippen molar-refractivity contribution in [2.24, 2.45) is 0 Å². The lowest BCUT2D eigenvalue weighted by molar-refractivity contribution is -0.153. The largest absolute Gasteiger partial charge is 0.467 e. The number of esters is 1. The van der Waals surface area contributed by atoms with Crippen molar-refractivity contribution in [3.63, 3.8) is 0 Å². The molecule has 0 aliphatic carbocycles. The molecule has 3 rings (SSSR count). The van der Waals surface area contributed by atoms with E-state index >= 15 is 0 Å². The molecule has 178 valence electrons. The highest BCUT2D eigenvalue weighted by Gasteiger charge is 2.20. The molecule has 0 spiro atoms. The van der Waals surface area contributed by atoms with E-state index in [0.717, 1.165) is 23.2 Å². The van der Waals surface area contributed by atoms with E-state index in [4.69, 9.17) is 9.47 Å². The summed E-state index contributed by atoms with van der Waals surface area (Å²) in [4.78, 5) is 30.6. The average Bonchev–Trinajstić information content (AvgIpc) is 2.88. The predicted octanol–water partition coefficient (Wildman–Crippen LogP) is 4.26. The Hall–Kier alpha value is -3.71. The molecule has 3 aromatic rings. The van der Waals surface area contributed by atoms with Crippen molar-refractivity contribution < 1.29 is 19.1 Å². The van der Waals surface area contributed by atoms with Crippen LogP contribution in [-0.2, 0) is 27.1 Å². The van der Waals surface area contributed by atoms with Crippen LogP contribution < -0.4 is 10.2 Å². The second-order valence-corrected chi connectivity index (χ2v) is 7.78. The molecule has 2 amide bonds. The molecule has 0 saturated carbocycles. The quantitative estimate of drug-likeness (QED) is 0.457. The minimum absolute atomic E-state index is 0.208. The molecule has 0 aliphatic heterocycles. The maximum atomic E-state index is 12.6. The molecule has 0 bridgehead atoms. The van der Waals surface area contributed by atoms with Gasteiger partial charge in [0, 0.05) is 32.2 Å². The molecule has 0 aliphatic rings. The fourth-order valence-corrected chi connectivity index (χ4v) is 3.52. The van der Waals surface area contributed by atoms with Gasteiger partial charge in [0.15, 0.2) is 6.10 Å². The first-order chi connectivity index (χ1) is 16.5. The maximum absolute atomic E-state index is 12.6. The summed E-state index contributed by atoms with van der Waals surface area (Å²) in [6.07, 6.45) is 0.567. The molecule has 0 fully saturated rings. The number of ether oxygens (including phenoxy) is 2. The third-order valence-corrected chi connectivity index (χ3v) is 5.42. The van der Waals surface area contributed by atoms with Gasteiger partial charge in [-0.25, -0.2) is 14.6 Å². The van der Waals surface area contributed by atoms with Gasteiger partial charge < -0.3 is 14.8 Å². The lowest BCUT2D eigenvalue weighted by atomic mass is 10.0. The van der Waals surface area contributed by atoms with Crippen molar-refractivity contribution in [3.05, 3.63) is 83.9 Å². The fourth-order valence-electron chi connectivity index (χ4n) is 3.52. The summed E-state index contributed by atoms with van der Waals surface area (Å²) in [5.74, 6) is 0.172. The van der Waals surface area contributed by atoms with Crippen molar-refractivity contribution in [2.75, 3.05) is 32.2 Å². The van der Waals surface area contributed by atoms with Crippen molar-refractivity contribution in [1.29, 1.82) is 0 Å². The highest BCUT2D eigenvalue weighted by Crippen LogP contribution is 2.21. The van der Waals surface area contributed by atoms with Crippen LogP contribution >= 0.6 is 0 Å². The first-order valence-corrected chi connectivity index (χ1v) is 11.3. The minimum atomic E-state index is -0.628. The van der Waals surface area contributed by atoms with Gasteiger partial charge in [-0.3, -0.25) is 4.90 Å². The number of hydrogen-bond acceptors (Lipinski definition) is 5. The van der Waals surface area contributed by atoms with Crippen LogP contribution in [0.1, 0.15) is 18.1 Å². The second kappa shape index (κ2) is 12.5. The summed E-state index contributed by atoms with van der Waals surface area (Å²) < 4.78 is 10.3. The molecular weight excluding hydrogens is 430 g/mol. The molecule has 0 radical (unpaired) electrons. The van der Waals surface area contributed by atoms with Crippen molar-refractivity contribution >= 4 is 17.8 Å². The van der Waals surface area contributed by atoms with E-state index < -0.39 is 6.10 Å². The zero-order valence-corrected chi connectivity index (χ0v) is 19.9. The SMILES string of the molecule is CCO[C@@H](Cc1ccc(-c2cccc(N(C)C(=O)NCCc3ccccc3)n2)cc1)C(=O)OC. The molecule has 2 aromatic carbocycles. The molecular formula is C27H31N3O4. The van der Waals surface area contributed by atoms with Crippen LogP contribution in [0.4, 0.5) is 10.6 Å². The minimum Gasteiger partial charge on any atom is -0.467 e. The van der Waals surface area contributed by atoms with Gasteiger partial charge in [0.05, 0.1) is 12.8 Å². The molecule has 1 N–H and O–H groups in total. The van der Waals surface area contributed by atoms with Crippen LogP contribution in [0.2, 0.25) is 0 Å². The number of amides is 2. The molecule has 1 aromatic heterocycles. The van der Waals surface area contributed by atoms with Crippen molar-refractivity contribution in [3.8, 4) is 11.3 Å². The Labute approximate surface area is 200 Å². The van der Waals surface area contributed by atoms with E-state index in [1.165, 1.54) is 17.6 Å². The van der Waals surface area contributed by atoms with Crippen LogP contribution in [0.3, 0.4) is 0 Å². The Morgan fingerprint density at radius 3 is 2.38 bits per heavy atom. The Kier molecular flexibility index (Phi) is 9.17. The van der Waals surface area contributed by atoms with Gasteiger partial charge >= 0.3 is 12.0 Å². The number of carbonyl (C=O) groups excluding carboxylic acids is 2. The van der Waals surface area contributed by atoms with Gasteiger partial charge in [-0.2, -0.15) is 0 Å².